The van der Waals surface area contributed by atoms with E-state index in [0.717, 1.165) is 30.2 Å². The molecule has 3 nitrogen and oxygen atoms in total. The van der Waals surface area contributed by atoms with Crippen molar-refractivity contribution in [2.75, 3.05) is 0 Å². The van der Waals surface area contributed by atoms with Gasteiger partial charge in [0.1, 0.15) is 0 Å². The van der Waals surface area contributed by atoms with Crippen LogP contribution in [0.2, 0.25) is 0 Å². The molecule has 1 aliphatic rings. The topological polar surface area (TPSA) is 38.1 Å². The van der Waals surface area contributed by atoms with E-state index in [1.54, 1.807) is 0 Å². The number of aromatic nitrogens is 2. The quantitative estimate of drug-likeness (QED) is 0.890. The van der Waals surface area contributed by atoms with Crippen LogP contribution in [0.4, 0.5) is 0 Å². The Bertz CT molecular complexity index is 376. The Morgan fingerprint density at radius 3 is 2.33 bits per heavy atom. The second-order valence-corrected chi connectivity index (χ2v) is 6.47. The summed E-state index contributed by atoms with van der Waals surface area (Å²) in [7, 11) is 0. The largest absolute Gasteiger partial charge is 0.388 e. The van der Waals surface area contributed by atoms with Crippen molar-refractivity contribution in [2.24, 2.45) is 17.8 Å². The van der Waals surface area contributed by atoms with Gasteiger partial charge in [0.2, 0.25) is 0 Å². The van der Waals surface area contributed by atoms with Gasteiger partial charge >= 0.3 is 0 Å². The lowest BCUT2D eigenvalue weighted by Crippen LogP contribution is -2.24. The van der Waals surface area contributed by atoms with E-state index in [-0.39, 0.29) is 6.10 Å². The molecule has 3 atom stereocenters. The summed E-state index contributed by atoms with van der Waals surface area (Å²) in [6.45, 7) is 8.81. The van der Waals surface area contributed by atoms with Crippen LogP contribution in [0, 0.1) is 17.8 Å². The molecule has 0 saturated heterocycles. The minimum Gasteiger partial charge on any atom is -0.388 e. The average molecular weight is 250 g/mol. The first kappa shape index (κ1) is 13.6. The zero-order valence-corrected chi connectivity index (χ0v) is 12.0. The van der Waals surface area contributed by atoms with Crippen LogP contribution in [-0.4, -0.2) is 14.9 Å². The highest BCUT2D eigenvalue weighted by molar-refractivity contribution is 5.10. The maximum atomic E-state index is 10.5. The van der Waals surface area contributed by atoms with Crippen molar-refractivity contribution in [3.8, 4) is 0 Å². The summed E-state index contributed by atoms with van der Waals surface area (Å²) in [6, 6.07) is 0.357. The molecule has 1 fully saturated rings. The molecule has 1 aromatic rings. The third-order valence-electron chi connectivity index (χ3n) is 4.15. The molecule has 2 rings (SSSR count). The van der Waals surface area contributed by atoms with E-state index in [2.05, 4.69) is 32.8 Å². The van der Waals surface area contributed by atoms with Crippen molar-refractivity contribution in [1.82, 2.24) is 9.78 Å². The Hall–Kier alpha value is -0.830. The molecule has 1 aliphatic carbocycles. The minimum atomic E-state index is -0.345. The van der Waals surface area contributed by atoms with Crippen molar-refractivity contribution in [1.29, 1.82) is 0 Å². The molecule has 0 radical (unpaired) electrons. The molecular formula is C15H26N2O. The molecule has 1 heterocycles. The zero-order chi connectivity index (χ0) is 13.3. The second-order valence-electron chi connectivity index (χ2n) is 6.47. The normalized spacial score (nSPS) is 30.7. The van der Waals surface area contributed by atoms with Crippen LogP contribution in [0.15, 0.2) is 12.4 Å². The molecule has 0 aliphatic heterocycles. The van der Waals surface area contributed by atoms with Crippen LogP contribution in [0.25, 0.3) is 0 Å². The van der Waals surface area contributed by atoms with Crippen LogP contribution in [0.1, 0.15) is 64.7 Å². The highest BCUT2D eigenvalue weighted by Gasteiger charge is 2.30. The fraction of sp³-hybridized carbons (Fsp3) is 0.800. The Morgan fingerprint density at radius 2 is 1.83 bits per heavy atom. The Kier molecular flexibility index (Phi) is 4.10. The second kappa shape index (κ2) is 5.43. The first-order valence-corrected chi connectivity index (χ1v) is 7.19. The molecule has 0 spiro atoms. The highest BCUT2D eigenvalue weighted by Crippen LogP contribution is 2.39. The van der Waals surface area contributed by atoms with Crippen molar-refractivity contribution in [3.63, 3.8) is 0 Å². The van der Waals surface area contributed by atoms with Gasteiger partial charge in [0, 0.05) is 17.8 Å². The number of hydrogen-bond acceptors (Lipinski definition) is 2. The van der Waals surface area contributed by atoms with Gasteiger partial charge in [-0.3, -0.25) is 4.68 Å². The van der Waals surface area contributed by atoms with E-state index >= 15 is 0 Å². The molecule has 0 bridgehead atoms. The van der Waals surface area contributed by atoms with E-state index in [0.29, 0.717) is 12.0 Å². The number of aliphatic hydroxyl groups is 1. The summed E-state index contributed by atoms with van der Waals surface area (Å²) in [4.78, 5) is 0. The zero-order valence-electron chi connectivity index (χ0n) is 12.0. The van der Waals surface area contributed by atoms with Gasteiger partial charge in [0.15, 0.2) is 0 Å². The smallest absolute Gasteiger partial charge is 0.0848 e. The van der Waals surface area contributed by atoms with Gasteiger partial charge in [-0.15, -0.1) is 0 Å². The van der Waals surface area contributed by atoms with Crippen LogP contribution in [0.3, 0.4) is 0 Å². The number of nitrogens with zero attached hydrogens (tertiary/aromatic N) is 2. The van der Waals surface area contributed by atoms with Gasteiger partial charge in [-0.05, 0) is 50.9 Å². The lowest BCUT2D eigenvalue weighted by Gasteiger charge is -2.34. The predicted octanol–water partition coefficient (Wildman–Crippen LogP) is 3.57. The molecule has 1 N–H and O–H groups in total. The molecule has 0 amide bonds. The van der Waals surface area contributed by atoms with Crippen molar-refractivity contribution in [3.05, 3.63) is 18.0 Å². The van der Waals surface area contributed by atoms with Gasteiger partial charge in [-0.25, -0.2) is 0 Å². The average Bonchev–Trinajstić information content (AvgIpc) is 2.75. The summed E-state index contributed by atoms with van der Waals surface area (Å²) in [5.41, 5.74) is 0.981. The standard InChI is InChI=1S/C15H26N2O/c1-10(2)17-9-14(8-16-17)15(18)13-6-11(3)5-12(4)7-13/h8-13,15,18H,5-7H2,1-4H3. The lowest BCUT2D eigenvalue weighted by molar-refractivity contribution is 0.0551. The summed E-state index contributed by atoms with van der Waals surface area (Å²) in [5.74, 6) is 1.86. The Morgan fingerprint density at radius 1 is 1.22 bits per heavy atom. The maximum Gasteiger partial charge on any atom is 0.0848 e. The van der Waals surface area contributed by atoms with E-state index in [9.17, 15) is 5.11 Å². The van der Waals surface area contributed by atoms with E-state index in [4.69, 9.17) is 0 Å². The fourth-order valence-electron chi connectivity index (χ4n) is 3.33. The molecule has 1 aromatic heterocycles. The van der Waals surface area contributed by atoms with Gasteiger partial charge < -0.3 is 5.11 Å². The third-order valence-corrected chi connectivity index (χ3v) is 4.15. The molecule has 102 valence electrons. The van der Waals surface area contributed by atoms with Crippen LogP contribution >= 0.6 is 0 Å². The summed E-state index contributed by atoms with van der Waals surface area (Å²) < 4.78 is 1.92. The minimum absolute atomic E-state index is 0.345. The number of aliphatic hydroxyl groups excluding tert-OH is 1. The SMILES string of the molecule is CC1CC(C)CC(C(O)c2cnn(C(C)C)c2)C1. The lowest BCUT2D eigenvalue weighted by atomic mass is 9.73. The van der Waals surface area contributed by atoms with Gasteiger partial charge in [0.25, 0.3) is 0 Å². The van der Waals surface area contributed by atoms with Crippen LogP contribution < -0.4 is 0 Å². The van der Waals surface area contributed by atoms with Crippen molar-refractivity contribution >= 4 is 0 Å². The molecule has 3 heteroatoms. The van der Waals surface area contributed by atoms with E-state index < -0.39 is 0 Å². The first-order chi connectivity index (χ1) is 8.47. The Labute approximate surface area is 110 Å². The van der Waals surface area contributed by atoms with Crippen LogP contribution in [-0.2, 0) is 0 Å². The third kappa shape index (κ3) is 2.94. The molecule has 1 saturated carbocycles. The summed E-state index contributed by atoms with van der Waals surface area (Å²) in [5, 5.41) is 14.8. The van der Waals surface area contributed by atoms with E-state index in [1.807, 2.05) is 17.1 Å². The monoisotopic (exact) mass is 250 g/mol. The number of hydrogen-bond donors (Lipinski definition) is 1. The Balaban J connectivity index is 2.07. The summed E-state index contributed by atoms with van der Waals surface area (Å²) in [6.07, 6.45) is 7.06. The van der Waals surface area contributed by atoms with E-state index in [1.165, 1.54) is 6.42 Å². The molecule has 18 heavy (non-hydrogen) atoms. The van der Waals surface area contributed by atoms with Gasteiger partial charge in [-0.2, -0.15) is 5.10 Å². The van der Waals surface area contributed by atoms with Gasteiger partial charge in [0.05, 0.1) is 12.3 Å². The number of rotatable bonds is 3. The van der Waals surface area contributed by atoms with Crippen molar-refractivity contribution < 1.29 is 5.11 Å². The fourth-order valence-corrected chi connectivity index (χ4v) is 3.33. The van der Waals surface area contributed by atoms with Crippen molar-refractivity contribution in [2.45, 2.75) is 59.1 Å². The molecule has 3 unspecified atom stereocenters. The molecular weight excluding hydrogens is 224 g/mol. The van der Waals surface area contributed by atoms with Gasteiger partial charge in [-0.1, -0.05) is 13.8 Å². The van der Waals surface area contributed by atoms with Crippen LogP contribution in [0.5, 0.6) is 0 Å². The predicted molar refractivity (Wildman–Crippen MR) is 73.2 cm³/mol. The highest BCUT2D eigenvalue weighted by atomic mass is 16.3. The summed E-state index contributed by atoms with van der Waals surface area (Å²) >= 11 is 0. The molecule has 0 aromatic carbocycles. The maximum absolute atomic E-state index is 10.5. The first-order valence-electron chi connectivity index (χ1n) is 7.19.